The molecule has 0 aromatic heterocycles. The fourth-order valence-corrected chi connectivity index (χ4v) is 1.92. The number of hydrogen-bond acceptors (Lipinski definition) is 4. The molecule has 23 heavy (non-hydrogen) atoms. The van der Waals surface area contributed by atoms with Crippen LogP contribution in [-0.4, -0.2) is 19.1 Å². The summed E-state index contributed by atoms with van der Waals surface area (Å²) in [7, 11) is 0. The Morgan fingerprint density at radius 2 is 1.78 bits per heavy atom. The van der Waals surface area contributed by atoms with Gasteiger partial charge in [0, 0.05) is 12.1 Å². The summed E-state index contributed by atoms with van der Waals surface area (Å²) < 4.78 is 5.53. The van der Waals surface area contributed by atoms with Gasteiger partial charge in [0.25, 0.3) is 5.91 Å². The Morgan fingerprint density at radius 3 is 2.48 bits per heavy atom. The zero-order valence-electron chi connectivity index (χ0n) is 12.5. The lowest BCUT2D eigenvalue weighted by atomic mass is 10.1. The van der Waals surface area contributed by atoms with Crippen LogP contribution in [0, 0.1) is 22.7 Å². The Morgan fingerprint density at radius 1 is 1.04 bits per heavy atom. The summed E-state index contributed by atoms with van der Waals surface area (Å²) in [5.74, 6) is 0.462. The second kappa shape index (κ2) is 8.21. The van der Waals surface area contributed by atoms with Crippen LogP contribution in [0.2, 0.25) is 0 Å². The normalized spacial score (nSPS) is 9.48. The van der Waals surface area contributed by atoms with E-state index in [0.717, 1.165) is 0 Å². The van der Waals surface area contributed by atoms with Crippen molar-refractivity contribution in [2.75, 3.05) is 13.2 Å². The van der Waals surface area contributed by atoms with Crippen molar-refractivity contribution in [2.24, 2.45) is 0 Å². The van der Waals surface area contributed by atoms with Crippen molar-refractivity contribution in [1.82, 2.24) is 5.32 Å². The lowest BCUT2D eigenvalue weighted by molar-refractivity contribution is 0.0951. The van der Waals surface area contributed by atoms with Crippen molar-refractivity contribution in [3.05, 3.63) is 65.2 Å². The molecule has 0 saturated heterocycles. The molecule has 0 heterocycles. The lowest BCUT2D eigenvalue weighted by Crippen LogP contribution is -2.25. The Bertz CT molecular complexity index is 755. The largest absolute Gasteiger partial charge is 0.493 e. The fourth-order valence-electron chi connectivity index (χ4n) is 1.92. The van der Waals surface area contributed by atoms with Gasteiger partial charge in [0.05, 0.1) is 29.9 Å². The summed E-state index contributed by atoms with van der Waals surface area (Å²) in [5.41, 5.74) is 1.60. The van der Waals surface area contributed by atoms with Gasteiger partial charge in [-0.1, -0.05) is 6.07 Å². The minimum Gasteiger partial charge on any atom is -0.493 e. The van der Waals surface area contributed by atoms with E-state index in [4.69, 9.17) is 15.3 Å². The molecule has 2 rings (SSSR count). The number of benzene rings is 2. The maximum Gasteiger partial charge on any atom is 0.251 e. The molecule has 0 aliphatic rings. The average Bonchev–Trinajstić information content (AvgIpc) is 2.61. The highest BCUT2D eigenvalue weighted by molar-refractivity contribution is 5.94. The topological polar surface area (TPSA) is 85.9 Å². The highest BCUT2D eigenvalue weighted by Crippen LogP contribution is 2.12. The molecule has 5 nitrogen and oxygen atoms in total. The van der Waals surface area contributed by atoms with Crippen LogP contribution in [-0.2, 0) is 0 Å². The molecule has 2 aromatic carbocycles. The molecule has 0 atom stereocenters. The second-order valence-corrected chi connectivity index (χ2v) is 4.79. The van der Waals surface area contributed by atoms with Crippen LogP contribution >= 0.6 is 0 Å². The molecule has 0 aliphatic carbocycles. The number of nitrogens with one attached hydrogen (secondary N) is 1. The van der Waals surface area contributed by atoms with E-state index in [0.29, 0.717) is 42.0 Å². The van der Waals surface area contributed by atoms with E-state index in [9.17, 15) is 4.79 Å². The van der Waals surface area contributed by atoms with Gasteiger partial charge in [0.15, 0.2) is 0 Å². The fraction of sp³-hybridized carbons (Fsp3) is 0.167. The molecule has 0 unspecified atom stereocenters. The zero-order valence-corrected chi connectivity index (χ0v) is 12.5. The highest BCUT2D eigenvalue weighted by atomic mass is 16.5. The van der Waals surface area contributed by atoms with Crippen molar-refractivity contribution in [1.29, 1.82) is 10.5 Å². The third-order valence-electron chi connectivity index (χ3n) is 3.11. The average molecular weight is 305 g/mol. The number of nitriles is 2. The second-order valence-electron chi connectivity index (χ2n) is 4.79. The lowest BCUT2D eigenvalue weighted by Gasteiger charge is -2.07. The summed E-state index contributed by atoms with van der Waals surface area (Å²) in [4.78, 5) is 11.9. The Hall–Kier alpha value is -3.31. The van der Waals surface area contributed by atoms with Crippen LogP contribution in [0.4, 0.5) is 0 Å². The standard InChI is InChI=1S/C18H15N3O2/c19-12-14-5-7-16(8-6-14)18(22)21-9-2-10-23-17-4-1-3-15(11-17)13-20/h1,3-8,11H,2,9-10H2,(H,21,22). The summed E-state index contributed by atoms with van der Waals surface area (Å²) in [6.07, 6.45) is 0.652. The molecule has 0 aliphatic heterocycles. The molecule has 2 aromatic rings. The number of amides is 1. The van der Waals surface area contributed by atoms with E-state index in [1.807, 2.05) is 6.07 Å². The SMILES string of the molecule is N#Cc1ccc(C(=O)NCCCOc2cccc(C#N)c2)cc1. The van der Waals surface area contributed by atoms with Crippen molar-refractivity contribution < 1.29 is 9.53 Å². The number of rotatable bonds is 6. The van der Waals surface area contributed by atoms with Gasteiger partial charge < -0.3 is 10.1 Å². The number of carbonyl (C=O) groups excluding carboxylic acids is 1. The third-order valence-corrected chi connectivity index (χ3v) is 3.11. The number of carbonyl (C=O) groups is 1. The monoisotopic (exact) mass is 305 g/mol. The highest BCUT2D eigenvalue weighted by Gasteiger charge is 2.04. The number of ether oxygens (including phenoxy) is 1. The molecule has 0 fully saturated rings. The number of nitrogens with zero attached hydrogens (tertiary/aromatic N) is 2. The Labute approximate surface area is 134 Å². The maximum atomic E-state index is 11.9. The molecule has 5 heteroatoms. The van der Waals surface area contributed by atoms with Gasteiger partial charge in [-0.15, -0.1) is 0 Å². The molecule has 1 N–H and O–H groups in total. The van der Waals surface area contributed by atoms with Gasteiger partial charge in [-0.2, -0.15) is 10.5 Å². The first-order valence-electron chi connectivity index (χ1n) is 7.14. The summed E-state index contributed by atoms with van der Waals surface area (Å²) >= 11 is 0. The molecule has 0 bridgehead atoms. The summed E-state index contributed by atoms with van der Waals surface area (Å²) in [6, 6.07) is 17.5. The molecule has 114 valence electrons. The van der Waals surface area contributed by atoms with E-state index in [2.05, 4.69) is 11.4 Å². The predicted molar refractivity (Wildman–Crippen MR) is 84.8 cm³/mol. The molecular weight excluding hydrogens is 290 g/mol. The van der Waals surface area contributed by atoms with E-state index in [-0.39, 0.29) is 5.91 Å². The predicted octanol–water partition coefficient (Wildman–Crippen LogP) is 2.63. The van der Waals surface area contributed by atoms with Gasteiger partial charge in [0.1, 0.15) is 5.75 Å². The van der Waals surface area contributed by atoms with Gasteiger partial charge in [-0.3, -0.25) is 4.79 Å². The van der Waals surface area contributed by atoms with E-state index < -0.39 is 0 Å². The van der Waals surface area contributed by atoms with Crippen LogP contribution < -0.4 is 10.1 Å². The minimum absolute atomic E-state index is 0.180. The van der Waals surface area contributed by atoms with Gasteiger partial charge in [0.2, 0.25) is 0 Å². The van der Waals surface area contributed by atoms with E-state index in [1.165, 1.54) is 0 Å². The van der Waals surface area contributed by atoms with Crippen molar-refractivity contribution in [3.63, 3.8) is 0 Å². The first kappa shape index (κ1) is 16.1. The first-order chi connectivity index (χ1) is 11.2. The van der Waals surface area contributed by atoms with Gasteiger partial charge in [-0.05, 0) is 48.9 Å². The first-order valence-corrected chi connectivity index (χ1v) is 7.14. The molecule has 1 amide bonds. The zero-order chi connectivity index (χ0) is 16.5. The van der Waals surface area contributed by atoms with E-state index in [1.54, 1.807) is 48.5 Å². The number of hydrogen-bond donors (Lipinski definition) is 1. The minimum atomic E-state index is -0.180. The summed E-state index contributed by atoms with van der Waals surface area (Å²) in [5, 5.41) is 20.3. The Balaban J connectivity index is 1.71. The van der Waals surface area contributed by atoms with Crippen molar-refractivity contribution >= 4 is 5.91 Å². The van der Waals surface area contributed by atoms with Crippen LogP contribution in [0.25, 0.3) is 0 Å². The van der Waals surface area contributed by atoms with E-state index >= 15 is 0 Å². The molecule has 0 spiro atoms. The van der Waals surface area contributed by atoms with Crippen LogP contribution in [0.1, 0.15) is 27.9 Å². The van der Waals surface area contributed by atoms with Crippen LogP contribution in [0.3, 0.4) is 0 Å². The third kappa shape index (κ3) is 4.87. The molecule has 0 saturated carbocycles. The molecule has 0 radical (unpaired) electrons. The van der Waals surface area contributed by atoms with Gasteiger partial charge in [-0.25, -0.2) is 0 Å². The van der Waals surface area contributed by atoms with Gasteiger partial charge >= 0.3 is 0 Å². The quantitative estimate of drug-likeness (QED) is 0.831. The maximum absolute atomic E-state index is 11.9. The van der Waals surface area contributed by atoms with Crippen LogP contribution in [0.5, 0.6) is 5.75 Å². The van der Waals surface area contributed by atoms with Crippen molar-refractivity contribution in [3.8, 4) is 17.9 Å². The molecular formula is C18H15N3O2. The van der Waals surface area contributed by atoms with Crippen LogP contribution in [0.15, 0.2) is 48.5 Å². The Kier molecular flexibility index (Phi) is 5.74. The smallest absolute Gasteiger partial charge is 0.251 e. The van der Waals surface area contributed by atoms with Crippen molar-refractivity contribution in [2.45, 2.75) is 6.42 Å². The summed E-state index contributed by atoms with van der Waals surface area (Å²) in [6.45, 7) is 0.930.